The molecule has 5 nitrogen and oxygen atoms in total. The van der Waals surface area contributed by atoms with Gasteiger partial charge in [-0.2, -0.15) is 0 Å². The lowest BCUT2D eigenvalue weighted by atomic mass is 10.2. The highest BCUT2D eigenvalue weighted by atomic mass is 35.5. The molecule has 0 fully saturated rings. The van der Waals surface area contributed by atoms with Crippen molar-refractivity contribution in [3.63, 3.8) is 0 Å². The van der Waals surface area contributed by atoms with E-state index in [1.54, 1.807) is 0 Å². The third kappa shape index (κ3) is 2.81. The highest BCUT2D eigenvalue weighted by Crippen LogP contribution is 2.35. The predicted molar refractivity (Wildman–Crippen MR) is 94.0 cm³/mol. The van der Waals surface area contributed by atoms with E-state index in [9.17, 15) is 0 Å². The van der Waals surface area contributed by atoms with Gasteiger partial charge in [-0.1, -0.05) is 23.7 Å². The molecule has 0 unspecified atom stereocenters. The molecule has 6 heteroatoms. The summed E-state index contributed by atoms with van der Waals surface area (Å²) in [6.07, 6.45) is 0.717. The van der Waals surface area contributed by atoms with Gasteiger partial charge in [0, 0.05) is 30.1 Å². The van der Waals surface area contributed by atoms with E-state index >= 15 is 0 Å². The monoisotopic (exact) mass is 343 g/mol. The first-order valence-electron chi connectivity index (χ1n) is 7.98. The van der Waals surface area contributed by atoms with Crippen LogP contribution in [0.3, 0.4) is 0 Å². The van der Waals surface area contributed by atoms with Crippen molar-refractivity contribution < 1.29 is 9.47 Å². The summed E-state index contributed by atoms with van der Waals surface area (Å²) in [5, 5.41) is 0.732. The Kier molecular flexibility index (Phi) is 4.04. The van der Waals surface area contributed by atoms with Gasteiger partial charge in [0.1, 0.15) is 19.0 Å². The van der Waals surface area contributed by atoms with Crippen LogP contribution in [-0.2, 0) is 13.0 Å². The molecule has 0 bridgehead atoms. The molecule has 4 rings (SSSR count). The molecule has 24 heavy (non-hydrogen) atoms. The smallest absolute Gasteiger partial charge is 0.163 e. The summed E-state index contributed by atoms with van der Waals surface area (Å²) < 4.78 is 13.6. The highest BCUT2D eigenvalue weighted by molar-refractivity contribution is 6.30. The summed E-state index contributed by atoms with van der Waals surface area (Å²) in [6.45, 7) is 2.40. The number of fused-ring (bicyclic) bond motifs is 2. The molecule has 0 saturated heterocycles. The molecule has 3 aromatic rings. The summed E-state index contributed by atoms with van der Waals surface area (Å²) in [6, 6.07) is 11.8. The van der Waals surface area contributed by atoms with Crippen molar-refractivity contribution in [2.45, 2.75) is 13.0 Å². The molecule has 0 spiro atoms. The van der Waals surface area contributed by atoms with Gasteiger partial charge >= 0.3 is 0 Å². The van der Waals surface area contributed by atoms with E-state index in [4.69, 9.17) is 31.8 Å². The van der Waals surface area contributed by atoms with Crippen molar-refractivity contribution in [2.75, 3.05) is 19.8 Å². The minimum absolute atomic E-state index is 0.552. The number of ether oxygens (including phenoxy) is 2. The third-order valence-corrected chi connectivity index (χ3v) is 4.37. The van der Waals surface area contributed by atoms with Crippen LogP contribution in [0.15, 0.2) is 36.4 Å². The van der Waals surface area contributed by atoms with Crippen LogP contribution >= 0.6 is 11.6 Å². The average Bonchev–Trinajstić information content (AvgIpc) is 2.92. The predicted octanol–water partition coefficient (Wildman–Crippen LogP) is 3.01. The molecule has 0 radical (unpaired) electrons. The molecule has 2 heterocycles. The molecule has 2 N–H and O–H groups in total. The molecule has 0 atom stereocenters. The molecule has 2 aromatic carbocycles. The first kappa shape index (κ1) is 15.3. The van der Waals surface area contributed by atoms with Crippen molar-refractivity contribution in [3.8, 4) is 11.5 Å². The quantitative estimate of drug-likeness (QED) is 0.791. The van der Waals surface area contributed by atoms with Gasteiger partial charge in [0.05, 0.1) is 11.0 Å². The minimum atomic E-state index is 0.552. The van der Waals surface area contributed by atoms with Gasteiger partial charge in [-0.25, -0.2) is 4.98 Å². The van der Waals surface area contributed by atoms with Crippen LogP contribution in [0, 0.1) is 0 Å². The van der Waals surface area contributed by atoms with Gasteiger partial charge < -0.3 is 19.8 Å². The number of rotatable bonds is 4. The summed E-state index contributed by atoms with van der Waals surface area (Å²) in [5.41, 5.74) is 8.85. The summed E-state index contributed by atoms with van der Waals surface area (Å²) in [4.78, 5) is 4.75. The van der Waals surface area contributed by atoms with E-state index in [1.807, 2.05) is 36.4 Å². The maximum atomic E-state index is 5.98. The fourth-order valence-electron chi connectivity index (χ4n) is 2.98. The second-order valence-corrected chi connectivity index (χ2v) is 6.20. The Balaban J connectivity index is 1.81. The lowest BCUT2D eigenvalue weighted by Gasteiger charge is -2.18. The number of nitrogens with two attached hydrogens (primary N) is 1. The first-order chi connectivity index (χ1) is 11.7. The normalized spacial score (nSPS) is 13.4. The van der Waals surface area contributed by atoms with Crippen molar-refractivity contribution in [1.82, 2.24) is 9.55 Å². The largest absolute Gasteiger partial charge is 0.486 e. The van der Waals surface area contributed by atoms with E-state index < -0.39 is 0 Å². The molecule has 1 aliphatic rings. The van der Waals surface area contributed by atoms with Crippen LogP contribution in [-0.4, -0.2) is 29.3 Å². The number of imidazole rings is 1. The molecule has 1 aliphatic heterocycles. The van der Waals surface area contributed by atoms with E-state index in [0.29, 0.717) is 32.7 Å². The standard InChI is InChI=1S/C18H18ClN3O2/c19-13-3-1-12(2-4-13)11-22-15-10-17-16(23-7-8-24-17)9-14(15)21-18(22)5-6-20/h1-4,9-10H,5-8,11,20H2. The zero-order valence-corrected chi connectivity index (χ0v) is 13.9. The maximum absolute atomic E-state index is 5.98. The number of hydrogen-bond acceptors (Lipinski definition) is 4. The van der Waals surface area contributed by atoms with Crippen LogP contribution in [0.4, 0.5) is 0 Å². The Bertz CT molecular complexity index is 874. The van der Waals surface area contributed by atoms with Crippen LogP contribution < -0.4 is 15.2 Å². The van der Waals surface area contributed by atoms with Gasteiger partial charge in [-0.3, -0.25) is 0 Å². The molecule has 0 saturated carbocycles. The zero-order valence-electron chi connectivity index (χ0n) is 13.2. The Labute approximate surface area is 144 Å². The maximum Gasteiger partial charge on any atom is 0.163 e. The van der Waals surface area contributed by atoms with Crippen LogP contribution in [0.5, 0.6) is 11.5 Å². The number of aromatic nitrogens is 2. The van der Waals surface area contributed by atoms with Crippen LogP contribution in [0.1, 0.15) is 11.4 Å². The fourth-order valence-corrected chi connectivity index (χ4v) is 3.11. The average molecular weight is 344 g/mol. The number of hydrogen-bond donors (Lipinski definition) is 1. The van der Waals surface area contributed by atoms with E-state index in [2.05, 4.69) is 4.57 Å². The molecule has 124 valence electrons. The summed E-state index contributed by atoms with van der Waals surface area (Å²) in [7, 11) is 0. The van der Waals surface area contributed by atoms with E-state index in [1.165, 1.54) is 0 Å². The Hall–Kier alpha value is -2.24. The van der Waals surface area contributed by atoms with Crippen molar-refractivity contribution >= 4 is 22.6 Å². The van der Waals surface area contributed by atoms with E-state index in [0.717, 1.165) is 38.9 Å². The Morgan fingerprint density at radius 3 is 2.50 bits per heavy atom. The number of halogens is 1. The molecular weight excluding hydrogens is 326 g/mol. The van der Waals surface area contributed by atoms with Gasteiger partial charge in [-0.05, 0) is 24.2 Å². The molecular formula is C18H18ClN3O2. The van der Waals surface area contributed by atoms with Gasteiger partial charge in [0.15, 0.2) is 11.5 Å². The third-order valence-electron chi connectivity index (χ3n) is 4.11. The molecule has 0 amide bonds. The first-order valence-corrected chi connectivity index (χ1v) is 8.35. The fraction of sp³-hybridized carbons (Fsp3) is 0.278. The summed E-state index contributed by atoms with van der Waals surface area (Å²) in [5.74, 6) is 2.49. The highest BCUT2D eigenvalue weighted by Gasteiger charge is 2.18. The Morgan fingerprint density at radius 2 is 1.79 bits per heavy atom. The van der Waals surface area contributed by atoms with Crippen molar-refractivity contribution in [3.05, 3.63) is 52.8 Å². The van der Waals surface area contributed by atoms with Crippen molar-refractivity contribution in [2.24, 2.45) is 5.73 Å². The second-order valence-electron chi connectivity index (χ2n) is 5.76. The van der Waals surface area contributed by atoms with Crippen LogP contribution in [0.25, 0.3) is 11.0 Å². The lowest BCUT2D eigenvalue weighted by molar-refractivity contribution is 0.172. The van der Waals surface area contributed by atoms with Gasteiger partial charge in [-0.15, -0.1) is 0 Å². The topological polar surface area (TPSA) is 62.3 Å². The second kappa shape index (κ2) is 6.34. The molecule has 1 aromatic heterocycles. The molecule has 0 aliphatic carbocycles. The Morgan fingerprint density at radius 1 is 1.08 bits per heavy atom. The lowest BCUT2D eigenvalue weighted by Crippen LogP contribution is -2.15. The minimum Gasteiger partial charge on any atom is -0.486 e. The van der Waals surface area contributed by atoms with Gasteiger partial charge in [0.25, 0.3) is 0 Å². The zero-order chi connectivity index (χ0) is 16.5. The number of nitrogens with zero attached hydrogens (tertiary/aromatic N) is 2. The summed E-state index contributed by atoms with van der Waals surface area (Å²) >= 11 is 5.98. The van der Waals surface area contributed by atoms with E-state index in [-0.39, 0.29) is 0 Å². The SMILES string of the molecule is NCCc1nc2cc3c(cc2n1Cc1ccc(Cl)cc1)OCCO3. The number of benzene rings is 2. The van der Waals surface area contributed by atoms with Crippen molar-refractivity contribution in [1.29, 1.82) is 0 Å². The van der Waals surface area contributed by atoms with Crippen LogP contribution in [0.2, 0.25) is 5.02 Å². The van der Waals surface area contributed by atoms with Gasteiger partial charge in [0.2, 0.25) is 0 Å².